The molecular weight excluding hydrogens is 252 g/mol. The summed E-state index contributed by atoms with van der Waals surface area (Å²) >= 11 is 0. The van der Waals surface area contributed by atoms with E-state index in [9.17, 15) is 13.6 Å². The zero-order chi connectivity index (χ0) is 14.0. The van der Waals surface area contributed by atoms with Crippen LogP contribution in [0.15, 0.2) is 34.7 Å². The zero-order valence-electron chi connectivity index (χ0n) is 10.5. The minimum absolute atomic E-state index is 0.00989. The van der Waals surface area contributed by atoms with Crippen molar-refractivity contribution in [2.45, 2.75) is 19.9 Å². The van der Waals surface area contributed by atoms with Crippen LogP contribution in [-0.4, -0.2) is 11.9 Å². The van der Waals surface area contributed by atoms with Crippen LogP contribution in [0.3, 0.4) is 0 Å². The molecule has 0 spiro atoms. The maximum atomic E-state index is 13.1. The third-order valence-electron chi connectivity index (χ3n) is 2.45. The van der Waals surface area contributed by atoms with Crippen LogP contribution in [-0.2, 0) is 0 Å². The molecule has 0 fully saturated rings. The Kier molecular flexibility index (Phi) is 3.64. The summed E-state index contributed by atoms with van der Waals surface area (Å²) in [4.78, 5) is 11.7. The van der Waals surface area contributed by atoms with Crippen LogP contribution in [0.2, 0.25) is 0 Å². The molecule has 1 aromatic heterocycles. The molecule has 0 unspecified atom stereocenters. The predicted molar refractivity (Wildman–Crippen MR) is 66.7 cm³/mol. The van der Waals surface area contributed by atoms with Crippen LogP contribution in [0.25, 0.3) is 11.3 Å². The van der Waals surface area contributed by atoms with Crippen molar-refractivity contribution in [2.24, 2.45) is 0 Å². The maximum absolute atomic E-state index is 13.1. The highest BCUT2D eigenvalue weighted by molar-refractivity contribution is 5.92. The van der Waals surface area contributed by atoms with Crippen molar-refractivity contribution in [2.75, 3.05) is 0 Å². The molecule has 0 saturated carbocycles. The van der Waals surface area contributed by atoms with Gasteiger partial charge < -0.3 is 9.73 Å². The van der Waals surface area contributed by atoms with Crippen LogP contribution in [0.1, 0.15) is 24.4 Å². The van der Waals surface area contributed by atoms with Gasteiger partial charge in [-0.3, -0.25) is 4.79 Å². The first-order valence-corrected chi connectivity index (χ1v) is 5.83. The molecule has 2 aromatic rings. The molecule has 100 valence electrons. The molecule has 0 bridgehead atoms. The average Bonchev–Trinajstić information content (AvgIpc) is 2.81. The summed E-state index contributed by atoms with van der Waals surface area (Å²) in [7, 11) is 0. The van der Waals surface area contributed by atoms with E-state index in [2.05, 4.69) is 5.32 Å². The highest BCUT2D eigenvalue weighted by Crippen LogP contribution is 2.23. The number of carbonyl (C=O) groups excluding carboxylic acids is 1. The Labute approximate surface area is 109 Å². The largest absolute Gasteiger partial charge is 0.451 e. The molecule has 3 nitrogen and oxygen atoms in total. The van der Waals surface area contributed by atoms with Crippen LogP contribution >= 0.6 is 0 Å². The standard InChI is InChI=1S/C14H13F2NO2/c1-8(2)17-14(18)13-6-5-12(19-13)9-3-4-10(15)11(16)7-9/h3-8H,1-2H3,(H,17,18). The van der Waals surface area contributed by atoms with E-state index in [0.29, 0.717) is 11.3 Å². The quantitative estimate of drug-likeness (QED) is 0.924. The van der Waals surface area contributed by atoms with Crippen LogP contribution in [0, 0.1) is 11.6 Å². The number of hydrogen-bond donors (Lipinski definition) is 1. The van der Waals surface area contributed by atoms with Crippen LogP contribution in [0.4, 0.5) is 8.78 Å². The third kappa shape index (κ3) is 2.99. The lowest BCUT2D eigenvalue weighted by Crippen LogP contribution is -2.29. The summed E-state index contributed by atoms with van der Waals surface area (Å²) in [5.41, 5.74) is 0.377. The maximum Gasteiger partial charge on any atom is 0.287 e. The Morgan fingerprint density at radius 2 is 1.89 bits per heavy atom. The first-order valence-electron chi connectivity index (χ1n) is 5.83. The molecule has 0 saturated heterocycles. The molecule has 1 heterocycles. The lowest BCUT2D eigenvalue weighted by atomic mass is 10.1. The molecule has 19 heavy (non-hydrogen) atoms. The number of hydrogen-bond acceptors (Lipinski definition) is 2. The lowest BCUT2D eigenvalue weighted by molar-refractivity contribution is 0.0916. The highest BCUT2D eigenvalue weighted by atomic mass is 19.2. The summed E-state index contributed by atoms with van der Waals surface area (Å²) in [6.45, 7) is 3.66. The molecular formula is C14H13F2NO2. The normalized spacial score (nSPS) is 10.8. The monoisotopic (exact) mass is 265 g/mol. The number of benzene rings is 1. The number of nitrogens with one attached hydrogen (secondary N) is 1. The second-order valence-corrected chi connectivity index (χ2v) is 4.42. The summed E-state index contributed by atoms with van der Waals surface area (Å²) in [5.74, 6) is -1.78. The Morgan fingerprint density at radius 1 is 1.16 bits per heavy atom. The van der Waals surface area contributed by atoms with Gasteiger partial charge in [-0.05, 0) is 44.2 Å². The number of halogens is 2. The first kappa shape index (κ1) is 13.3. The fourth-order valence-electron chi connectivity index (χ4n) is 1.60. The van der Waals surface area contributed by atoms with E-state index in [1.165, 1.54) is 12.1 Å². The van der Waals surface area contributed by atoms with Crippen LogP contribution < -0.4 is 5.32 Å². The van der Waals surface area contributed by atoms with E-state index in [1.54, 1.807) is 6.07 Å². The molecule has 0 atom stereocenters. The van der Waals surface area contributed by atoms with Crippen molar-refractivity contribution >= 4 is 5.91 Å². The molecule has 0 aliphatic heterocycles. The Morgan fingerprint density at radius 3 is 2.53 bits per heavy atom. The van der Waals surface area contributed by atoms with Gasteiger partial charge in [-0.2, -0.15) is 0 Å². The molecule has 0 aliphatic rings. The second kappa shape index (κ2) is 5.22. The van der Waals surface area contributed by atoms with Crippen molar-refractivity contribution in [1.82, 2.24) is 5.32 Å². The van der Waals surface area contributed by atoms with E-state index in [1.807, 2.05) is 13.8 Å². The number of furan rings is 1. The van der Waals surface area contributed by atoms with Gasteiger partial charge in [0.1, 0.15) is 5.76 Å². The fourth-order valence-corrected chi connectivity index (χ4v) is 1.60. The summed E-state index contributed by atoms with van der Waals surface area (Å²) in [6.07, 6.45) is 0. The molecule has 1 aromatic carbocycles. The van der Waals surface area contributed by atoms with E-state index in [4.69, 9.17) is 4.42 Å². The number of amides is 1. The van der Waals surface area contributed by atoms with Gasteiger partial charge in [-0.15, -0.1) is 0 Å². The second-order valence-electron chi connectivity index (χ2n) is 4.42. The third-order valence-corrected chi connectivity index (χ3v) is 2.45. The van der Waals surface area contributed by atoms with Gasteiger partial charge in [0.25, 0.3) is 5.91 Å². The van der Waals surface area contributed by atoms with Crippen molar-refractivity contribution in [3.8, 4) is 11.3 Å². The van der Waals surface area contributed by atoms with Gasteiger partial charge in [0.2, 0.25) is 0 Å². The predicted octanol–water partition coefficient (Wildman–Crippen LogP) is 3.36. The Bertz CT molecular complexity index is 605. The van der Waals surface area contributed by atoms with Gasteiger partial charge in [-0.1, -0.05) is 0 Å². The number of carbonyl (C=O) groups is 1. The summed E-state index contributed by atoms with van der Waals surface area (Å²) in [6, 6.07) is 6.46. The number of rotatable bonds is 3. The highest BCUT2D eigenvalue weighted by Gasteiger charge is 2.13. The molecule has 5 heteroatoms. The van der Waals surface area contributed by atoms with Crippen molar-refractivity contribution < 1.29 is 18.0 Å². The van der Waals surface area contributed by atoms with Crippen molar-refractivity contribution in [3.05, 3.63) is 47.7 Å². The molecule has 0 aliphatic carbocycles. The minimum Gasteiger partial charge on any atom is -0.451 e. The zero-order valence-corrected chi connectivity index (χ0v) is 10.5. The fraction of sp³-hybridized carbons (Fsp3) is 0.214. The van der Waals surface area contributed by atoms with E-state index in [0.717, 1.165) is 12.1 Å². The van der Waals surface area contributed by atoms with Crippen LogP contribution in [0.5, 0.6) is 0 Å². The average molecular weight is 265 g/mol. The van der Waals surface area contributed by atoms with Crippen molar-refractivity contribution in [1.29, 1.82) is 0 Å². The molecule has 1 N–H and O–H groups in total. The van der Waals surface area contributed by atoms with E-state index >= 15 is 0 Å². The van der Waals surface area contributed by atoms with Crippen molar-refractivity contribution in [3.63, 3.8) is 0 Å². The van der Waals surface area contributed by atoms with Gasteiger partial charge >= 0.3 is 0 Å². The topological polar surface area (TPSA) is 42.2 Å². The SMILES string of the molecule is CC(C)NC(=O)c1ccc(-c2ccc(F)c(F)c2)o1. The molecule has 1 amide bonds. The van der Waals surface area contributed by atoms with E-state index < -0.39 is 11.6 Å². The molecule has 2 rings (SSSR count). The van der Waals surface area contributed by atoms with Gasteiger partial charge in [-0.25, -0.2) is 8.78 Å². The summed E-state index contributed by atoms with van der Waals surface area (Å²) < 4.78 is 31.3. The lowest BCUT2D eigenvalue weighted by Gasteiger charge is -2.05. The first-order chi connectivity index (χ1) is 8.97. The van der Waals surface area contributed by atoms with Gasteiger partial charge in [0.15, 0.2) is 17.4 Å². The Balaban J connectivity index is 2.25. The molecule has 0 radical (unpaired) electrons. The summed E-state index contributed by atoms with van der Waals surface area (Å²) in [5, 5.41) is 2.68. The van der Waals surface area contributed by atoms with E-state index in [-0.39, 0.29) is 17.7 Å². The van der Waals surface area contributed by atoms with Gasteiger partial charge in [0, 0.05) is 11.6 Å². The van der Waals surface area contributed by atoms with Gasteiger partial charge in [0.05, 0.1) is 0 Å². The smallest absolute Gasteiger partial charge is 0.287 e. The minimum atomic E-state index is -0.956. The Hall–Kier alpha value is -2.17.